The highest BCUT2D eigenvalue weighted by molar-refractivity contribution is 4.84. The number of hydrogen-bond acceptors (Lipinski definition) is 2. The second kappa shape index (κ2) is 8.92. The van der Waals surface area contributed by atoms with Crippen LogP contribution in [-0.2, 0) is 0 Å². The summed E-state index contributed by atoms with van der Waals surface area (Å²) in [4.78, 5) is 2.64. The predicted molar refractivity (Wildman–Crippen MR) is 80.7 cm³/mol. The molecule has 3 unspecified atom stereocenters. The Hall–Kier alpha value is -0.0800. The third kappa shape index (κ3) is 5.27. The maximum absolute atomic E-state index is 6.35. The number of hydrogen-bond donors (Lipinski definition) is 1. The normalized spacial score (nSPS) is 28.8. The molecule has 0 aromatic carbocycles. The van der Waals surface area contributed by atoms with Gasteiger partial charge in [0, 0.05) is 12.6 Å². The predicted octanol–water partition coefficient (Wildman–Crippen LogP) is 3.65. The third-order valence-corrected chi connectivity index (χ3v) is 4.42. The first kappa shape index (κ1) is 16.0. The highest BCUT2D eigenvalue weighted by Crippen LogP contribution is 2.31. The van der Waals surface area contributed by atoms with Crippen molar-refractivity contribution in [1.29, 1.82) is 0 Å². The lowest BCUT2D eigenvalue weighted by atomic mass is 9.76. The van der Waals surface area contributed by atoms with Crippen molar-refractivity contribution in [1.82, 2.24) is 4.90 Å². The maximum atomic E-state index is 6.35. The van der Waals surface area contributed by atoms with Crippen LogP contribution >= 0.6 is 0 Å². The van der Waals surface area contributed by atoms with Crippen LogP contribution in [0.5, 0.6) is 0 Å². The molecule has 1 aliphatic rings. The first-order valence-corrected chi connectivity index (χ1v) is 8.19. The molecule has 3 atom stereocenters. The summed E-state index contributed by atoms with van der Waals surface area (Å²) in [5.41, 5.74) is 6.35. The molecule has 0 radical (unpaired) electrons. The van der Waals surface area contributed by atoms with Crippen molar-refractivity contribution in [2.24, 2.45) is 17.6 Å². The van der Waals surface area contributed by atoms with Crippen molar-refractivity contribution >= 4 is 0 Å². The van der Waals surface area contributed by atoms with E-state index in [1.165, 1.54) is 64.6 Å². The smallest absolute Gasteiger partial charge is 0.00795 e. The quantitative estimate of drug-likeness (QED) is 0.716. The van der Waals surface area contributed by atoms with Crippen LogP contribution in [-0.4, -0.2) is 30.6 Å². The average molecular weight is 254 g/mol. The zero-order valence-electron chi connectivity index (χ0n) is 12.8. The van der Waals surface area contributed by atoms with Crippen molar-refractivity contribution in [3.05, 3.63) is 0 Å². The molecular weight excluding hydrogens is 220 g/mol. The summed E-state index contributed by atoms with van der Waals surface area (Å²) in [6.45, 7) is 10.6. The molecule has 0 saturated heterocycles. The standard InChI is InChI=1S/C16H34N2/c1-4-7-14-8-9-16(17)15(12-14)13-18(10-5-2)11-6-3/h14-16H,4-13,17H2,1-3H3. The number of nitrogens with zero attached hydrogens (tertiary/aromatic N) is 1. The van der Waals surface area contributed by atoms with Crippen LogP contribution in [0.15, 0.2) is 0 Å². The van der Waals surface area contributed by atoms with Gasteiger partial charge in [0.15, 0.2) is 0 Å². The number of nitrogens with two attached hydrogens (primary N) is 1. The lowest BCUT2D eigenvalue weighted by Gasteiger charge is -2.37. The van der Waals surface area contributed by atoms with Crippen LogP contribution in [0.4, 0.5) is 0 Å². The zero-order valence-corrected chi connectivity index (χ0v) is 12.8. The van der Waals surface area contributed by atoms with E-state index >= 15 is 0 Å². The van der Waals surface area contributed by atoms with Crippen molar-refractivity contribution in [3.8, 4) is 0 Å². The minimum Gasteiger partial charge on any atom is -0.327 e. The zero-order chi connectivity index (χ0) is 13.4. The second-order valence-electron chi connectivity index (χ2n) is 6.19. The molecule has 1 saturated carbocycles. The summed E-state index contributed by atoms with van der Waals surface area (Å²) >= 11 is 0. The Morgan fingerprint density at radius 1 is 1.00 bits per heavy atom. The van der Waals surface area contributed by atoms with Gasteiger partial charge in [-0.2, -0.15) is 0 Å². The summed E-state index contributed by atoms with van der Waals surface area (Å²) in [6.07, 6.45) is 9.26. The van der Waals surface area contributed by atoms with E-state index < -0.39 is 0 Å². The van der Waals surface area contributed by atoms with Crippen LogP contribution in [0.3, 0.4) is 0 Å². The molecule has 0 heterocycles. The lowest BCUT2D eigenvalue weighted by molar-refractivity contribution is 0.151. The van der Waals surface area contributed by atoms with Crippen LogP contribution in [0.2, 0.25) is 0 Å². The van der Waals surface area contributed by atoms with Crippen molar-refractivity contribution in [2.45, 2.75) is 71.8 Å². The SMILES string of the molecule is CCCC1CCC(N)C(CN(CCC)CCC)C1. The molecular formula is C16H34N2. The first-order valence-electron chi connectivity index (χ1n) is 8.19. The van der Waals surface area contributed by atoms with Gasteiger partial charge in [-0.25, -0.2) is 0 Å². The van der Waals surface area contributed by atoms with Gasteiger partial charge in [-0.15, -0.1) is 0 Å². The van der Waals surface area contributed by atoms with E-state index in [9.17, 15) is 0 Å². The molecule has 0 amide bonds. The topological polar surface area (TPSA) is 29.3 Å². The van der Waals surface area contributed by atoms with Gasteiger partial charge < -0.3 is 10.6 Å². The number of rotatable bonds is 8. The summed E-state index contributed by atoms with van der Waals surface area (Å²) in [7, 11) is 0. The minimum absolute atomic E-state index is 0.453. The van der Waals surface area contributed by atoms with E-state index in [1.54, 1.807) is 0 Å². The van der Waals surface area contributed by atoms with E-state index in [1.807, 2.05) is 0 Å². The van der Waals surface area contributed by atoms with Crippen molar-refractivity contribution in [2.75, 3.05) is 19.6 Å². The molecule has 1 fully saturated rings. The Bertz CT molecular complexity index is 199. The molecule has 2 heteroatoms. The van der Waals surface area contributed by atoms with Gasteiger partial charge in [0.25, 0.3) is 0 Å². The molecule has 0 spiro atoms. The molecule has 0 aliphatic heterocycles. The fourth-order valence-corrected chi connectivity index (χ4v) is 3.52. The Morgan fingerprint density at radius 3 is 2.22 bits per heavy atom. The van der Waals surface area contributed by atoms with Gasteiger partial charge in [0.05, 0.1) is 0 Å². The van der Waals surface area contributed by atoms with E-state index in [-0.39, 0.29) is 0 Å². The van der Waals surface area contributed by atoms with Crippen LogP contribution < -0.4 is 5.73 Å². The fraction of sp³-hybridized carbons (Fsp3) is 1.00. The second-order valence-corrected chi connectivity index (χ2v) is 6.19. The summed E-state index contributed by atoms with van der Waals surface area (Å²) in [6, 6.07) is 0.453. The molecule has 1 aliphatic carbocycles. The summed E-state index contributed by atoms with van der Waals surface area (Å²) in [5, 5.41) is 0. The highest BCUT2D eigenvalue weighted by Gasteiger charge is 2.28. The monoisotopic (exact) mass is 254 g/mol. The molecule has 0 bridgehead atoms. The molecule has 0 aromatic heterocycles. The van der Waals surface area contributed by atoms with Crippen LogP contribution in [0.1, 0.15) is 65.7 Å². The first-order chi connectivity index (χ1) is 8.71. The average Bonchev–Trinajstić information content (AvgIpc) is 2.34. The van der Waals surface area contributed by atoms with Crippen LogP contribution in [0.25, 0.3) is 0 Å². The van der Waals surface area contributed by atoms with Gasteiger partial charge in [-0.05, 0) is 57.0 Å². The molecule has 108 valence electrons. The molecule has 2 nitrogen and oxygen atoms in total. The fourth-order valence-electron chi connectivity index (χ4n) is 3.52. The molecule has 2 N–H and O–H groups in total. The Morgan fingerprint density at radius 2 is 1.67 bits per heavy atom. The summed E-state index contributed by atoms with van der Waals surface area (Å²) < 4.78 is 0. The van der Waals surface area contributed by atoms with Gasteiger partial charge >= 0.3 is 0 Å². The van der Waals surface area contributed by atoms with Crippen molar-refractivity contribution in [3.63, 3.8) is 0 Å². The molecule has 18 heavy (non-hydrogen) atoms. The van der Waals surface area contributed by atoms with Crippen molar-refractivity contribution < 1.29 is 0 Å². The largest absolute Gasteiger partial charge is 0.327 e. The Kier molecular flexibility index (Phi) is 7.92. The minimum atomic E-state index is 0.453. The molecule has 1 rings (SSSR count). The van der Waals surface area contributed by atoms with Gasteiger partial charge in [0.2, 0.25) is 0 Å². The molecule has 0 aromatic rings. The third-order valence-electron chi connectivity index (χ3n) is 4.42. The highest BCUT2D eigenvalue weighted by atomic mass is 15.1. The lowest BCUT2D eigenvalue weighted by Crippen LogP contribution is -2.43. The van der Waals surface area contributed by atoms with E-state index in [4.69, 9.17) is 5.73 Å². The van der Waals surface area contributed by atoms with E-state index in [2.05, 4.69) is 25.7 Å². The van der Waals surface area contributed by atoms with E-state index in [0.717, 1.165) is 11.8 Å². The van der Waals surface area contributed by atoms with Crippen LogP contribution in [0, 0.1) is 11.8 Å². The van der Waals surface area contributed by atoms with E-state index in [0.29, 0.717) is 6.04 Å². The Labute approximate surface area is 114 Å². The van der Waals surface area contributed by atoms with Gasteiger partial charge in [-0.1, -0.05) is 33.6 Å². The maximum Gasteiger partial charge on any atom is 0.00795 e. The Balaban J connectivity index is 2.44. The van der Waals surface area contributed by atoms with Gasteiger partial charge in [-0.3, -0.25) is 0 Å². The summed E-state index contributed by atoms with van der Waals surface area (Å²) in [5.74, 6) is 1.69. The van der Waals surface area contributed by atoms with Gasteiger partial charge in [0.1, 0.15) is 0 Å².